The number of thiocarbonyl (C=S) groups is 1. The largest absolute Gasteiger partial charge is 0.465 e. The van der Waals surface area contributed by atoms with E-state index >= 15 is 0 Å². The molecule has 0 bridgehead atoms. The predicted octanol–water partition coefficient (Wildman–Crippen LogP) is 1.50. The van der Waals surface area contributed by atoms with Crippen LogP contribution in [-0.2, 0) is 9.53 Å². The van der Waals surface area contributed by atoms with Gasteiger partial charge in [-0.15, -0.1) is 0 Å². The highest BCUT2D eigenvalue weighted by Crippen LogP contribution is 2.13. The fourth-order valence-electron chi connectivity index (χ4n) is 1.04. The maximum Gasteiger partial charge on any atom is 0.315 e. The molecule has 0 spiro atoms. The zero-order valence-corrected chi connectivity index (χ0v) is 9.19. The first-order chi connectivity index (χ1) is 5.99. The first-order valence-corrected chi connectivity index (χ1v) is 4.85. The lowest BCUT2D eigenvalue weighted by atomic mass is 9.97. The summed E-state index contributed by atoms with van der Waals surface area (Å²) in [5, 5.41) is 0. The van der Waals surface area contributed by atoms with E-state index in [1.807, 2.05) is 13.8 Å². The summed E-state index contributed by atoms with van der Waals surface area (Å²) in [6.07, 6.45) is 0.661. The summed E-state index contributed by atoms with van der Waals surface area (Å²) in [6.45, 7) is 6.18. The first kappa shape index (κ1) is 12.4. The van der Waals surface area contributed by atoms with Gasteiger partial charge in [0.2, 0.25) is 0 Å². The Morgan fingerprint density at radius 3 is 2.38 bits per heavy atom. The molecule has 0 aromatic heterocycles. The monoisotopic (exact) mass is 203 g/mol. The molecular formula is C9H17NO2S. The van der Waals surface area contributed by atoms with Crippen molar-refractivity contribution in [2.24, 2.45) is 17.6 Å². The van der Waals surface area contributed by atoms with Crippen molar-refractivity contribution in [1.82, 2.24) is 0 Å². The summed E-state index contributed by atoms with van der Waals surface area (Å²) in [5.74, 6) is -0.338. The van der Waals surface area contributed by atoms with Crippen molar-refractivity contribution < 1.29 is 9.53 Å². The third-order valence-corrected chi connectivity index (χ3v) is 1.91. The van der Waals surface area contributed by atoms with E-state index < -0.39 is 5.92 Å². The lowest BCUT2D eigenvalue weighted by Crippen LogP contribution is -2.31. The van der Waals surface area contributed by atoms with E-state index in [9.17, 15) is 4.79 Å². The van der Waals surface area contributed by atoms with Crippen LogP contribution in [0, 0.1) is 11.8 Å². The van der Waals surface area contributed by atoms with Crippen molar-refractivity contribution in [2.45, 2.75) is 27.2 Å². The molecule has 76 valence electrons. The van der Waals surface area contributed by atoms with E-state index in [2.05, 4.69) is 0 Å². The summed E-state index contributed by atoms with van der Waals surface area (Å²) in [6, 6.07) is 0. The number of carbonyl (C=O) groups is 1. The van der Waals surface area contributed by atoms with Crippen LogP contribution in [0.1, 0.15) is 27.2 Å². The van der Waals surface area contributed by atoms with Crippen molar-refractivity contribution in [1.29, 1.82) is 0 Å². The molecule has 0 aromatic carbocycles. The van der Waals surface area contributed by atoms with Gasteiger partial charge < -0.3 is 10.5 Å². The van der Waals surface area contributed by atoms with Crippen LogP contribution in [0.15, 0.2) is 0 Å². The second-order valence-corrected chi connectivity index (χ2v) is 3.81. The van der Waals surface area contributed by atoms with Crippen LogP contribution in [0.2, 0.25) is 0 Å². The van der Waals surface area contributed by atoms with Gasteiger partial charge in [-0.2, -0.15) is 0 Å². The number of hydrogen-bond donors (Lipinski definition) is 1. The molecule has 4 heteroatoms. The van der Waals surface area contributed by atoms with Gasteiger partial charge in [0.15, 0.2) is 0 Å². The molecule has 0 amide bonds. The average Bonchev–Trinajstić information content (AvgIpc) is 1.99. The summed E-state index contributed by atoms with van der Waals surface area (Å²) in [5.41, 5.74) is 5.45. The van der Waals surface area contributed by atoms with Gasteiger partial charge in [-0.3, -0.25) is 4.79 Å². The smallest absolute Gasteiger partial charge is 0.315 e. The third kappa shape index (κ3) is 4.83. The molecule has 0 aliphatic carbocycles. The van der Waals surface area contributed by atoms with Crippen molar-refractivity contribution in [3.8, 4) is 0 Å². The van der Waals surface area contributed by atoms with Gasteiger partial charge in [0.1, 0.15) is 5.92 Å². The lowest BCUT2D eigenvalue weighted by molar-refractivity contribution is -0.145. The van der Waals surface area contributed by atoms with Crippen LogP contribution < -0.4 is 5.73 Å². The quantitative estimate of drug-likeness (QED) is 0.543. The van der Waals surface area contributed by atoms with Crippen molar-refractivity contribution >= 4 is 23.2 Å². The zero-order valence-electron chi connectivity index (χ0n) is 8.37. The maximum atomic E-state index is 11.3. The molecule has 0 aliphatic heterocycles. The molecule has 0 aromatic rings. The highest BCUT2D eigenvalue weighted by molar-refractivity contribution is 7.80. The van der Waals surface area contributed by atoms with Crippen LogP contribution in [0.25, 0.3) is 0 Å². The second kappa shape index (κ2) is 5.91. The Morgan fingerprint density at radius 2 is 2.08 bits per heavy atom. The number of ether oxygens (including phenoxy) is 1. The summed E-state index contributed by atoms with van der Waals surface area (Å²) in [4.78, 5) is 11.6. The van der Waals surface area contributed by atoms with E-state index in [-0.39, 0.29) is 11.0 Å². The minimum atomic E-state index is -0.421. The van der Waals surface area contributed by atoms with E-state index in [4.69, 9.17) is 22.7 Å². The molecule has 13 heavy (non-hydrogen) atoms. The Balaban J connectivity index is 4.24. The van der Waals surface area contributed by atoms with Crippen LogP contribution in [0.3, 0.4) is 0 Å². The zero-order chi connectivity index (χ0) is 10.4. The molecule has 0 radical (unpaired) electrons. The fourth-order valence-corrected chi connectivity index (χ4v) is 1.24. The molecule has 0 aliphatic rings. The maximum absolute atomic E-state index is 11.3. The van der Waals surface area contributed by atoms with Crippen LogP contribution in [0.5, 0.6) is 0 Å². The molecule has 2 N–H and O–H groups in total. The number of rotatable bonds is 5. The lowest BCUT2D eigenvalue weighted by Gasteiger charge is -2.15. The number of carbonyl (C=O) groups excluding carboxylic acids is 1. The molecule has 0 heterocycles. The Bertz CT molecular complexity index is 192. The predicted molar refractivity (Wildman–Crippen MR) is 56.4 cm³/mol. The topological polar surface area (TPSA) is 52.3 Å². The molecular weight excluding hydrogens is 186 g/mol. The molecule has 0 fully saturated rings. The third-order valence-electron chi connectivity index (χ3n) is 1.62. The van der Waals surface area contributed by atoms with Gasteiger partial charge in [-0.25, -0.2) is 0 Å². The number of hydrogen-bond acceptors (Lipinski definition) is 3. The Hall–Kier alpha value is -0.640. The fraction of sp³-hybridized carbons (Fsp3) is 0.778. The molecule has 0 rings (SSSR count). The first-order valence-electron chi connectivity index (χ1n) is 4.45. The summed E-state index contributed by atoms with van der Waals surface area (Å²) >= 11 is 4.80. The SMILES string of the molecule is CCOC(=O)C(CC(C)C)C(N)=S. The molecule has 1 atom stereocenters. The number of esters is 1. The summed E-state index contributed by atoms with van der Waals surface area (Å²) < 4.78 is 4.86. The van der Waals surface area contributed by atoms with E-state index in [1.54, 1.807) is 6.92 Å². The molecule has 3 nitrogen and oxygen atoms in total. The minimum absolute atomic E-state index is 0.229. The van der Waals surface area contributed by atoms with Crippen LogP contribution >= 0.6 is 12.2 Å². The Kier molecular flexibility index (Phi) is 5.62. The van der Waals surface area contributed by atoms with Crippen LogP contribution in [0.4, 0.5) is 0 Å². The minimum Gasteiger partial charge on any atom is -0.465 e. The highest BCUT2D eigenvalue weighted by Gasteiger charge is 2.23. The summed E-state index contributed by atoms with van der Waals surface area (Å²) in [7, 11) is 0. The second-order valence-electron chi connectivity index (χ2n) is 3.34. The average molecular weight is 203 g/mol. The van der Waals surface area contributed by atoms with E-state index in [0.717, 1.165) is 0 Å². The molecule has 0 saturated heterocycles. The van der Waals surface area contributed by atoms with Gasteiger partial charge in [0.05, 0.1) is 11.6 Å². The van der Waals surface area contributed by atoms with Crippen molar-refractivity contribution in [3.05, 3.63) is 0 Å². The molecule has 0 saturated carbocycles. The normalized spacial score (nSPS) is 12.6. The van der Waals surface area contributed by atoms with E-state index in [1.165, 1.54) is 0 Å². The highest BCUT2D eigenvalue weighted by atomic mass is 32.1. The van der Waals surface area contributed by atoms with Gasteiger partial charge in [0.25, 0.3) is 0 Å². The number of nitrogens with two attached hydrogens (primary N) is 1. The van der Waals surface area contributed by atoms with Gasteiger partial charge in [-0.05, 0) is 19.3 Å². The Morgan fingerprint density at radius 1 is 1.54 bits per heavy atom. The van der Waals surface area contributed by atoms with Gasteiger partial charge in [-0.1, -0.05) is 26.1 Å². The Labute approximate surface area is 84.6 Å². The standard InChI is InChI=1S/C9H17NO2S/c1-4-12-9(11)7(8(10)13)5-6(2)3/h6-7H,4-5H2,1-3H3,(H2,10,13). The molecule has 1 unspecified atom stereocenters. The van der Waals surface area contributed by atoms with Crippen molar-refractivity contribution in [3.63, 3.8) is 0 Å². The van der Waals surface area contributed by atoms with Gasteiger partial charge in [0, 0.05) is 0 Å². The van der Waals surface area contributed by atoms with Crippen molar-refractivity contribution in [2.75, 3.05) is 6.61 Å². The van der Waals surface area contributed by atoms with Crippen LogP contribution in [-0.4, -0.2) is 17.6 Å². The van der Waals surface area contributed by atoms with E-state index in [0.29, 0.717) is 18.9 Å². The van der Waals surface area contributed by atoms with Gasteiger partial charge >= 0.3 is 5.97 Å².